The van der Waals surface area contributed by atoms with Crippen molar-refractivity contribution in [3.63, 3.8) is 0 Å². The number of rotatable bonds is 3. The summed E-state index contributed by atoms with van der Waals surface area (Å²) in [6, 6.07) is 6.68. The minimum atomic E-state index is 0.372. The molecule has 0 amide bonds. The Balaban J connectivity index is 2.31. The third-order valence-electron chi connectivity index (χ3n) is 2.58. The minimum absolute atomic E-state index is 0.372. The summed E-state index contributed by atoms with van der Waals surface area (Å²) in [5.74, 6) is 0.832. The van der Waals surface area contributed by atoms with Crippen molar-refractivity contribution in [1.29, 1.82) is 0 Å². The fraction of sp³-hybridized carbons (Fsp3) is 0.154. The highest BCUT2D eigenvalue weighted by atomic mass is 35.5. The predicted molar refractivity (Wildman–Crippen MR) is 78.4 cm³/mol. The smallest absolute Gasteiger partial charge is 0.219 e. The van der Waals surface area contributed by atoms with Crippen molar-refractivity contribution in [1.82, 2.24) is 4.98 Å². The van der Waals surface area contributed by atoms with Crippen molar-refractivity contribution in [2.24, 2.45) is 5.73 Å². The third kappa shape index (κ3) is 3.31. The lowest BCUT2D eigenvalue weighted by Gasteiger charge is -2.10. The van der Waals surface area contributed by atoms with Crippen LogP contribution >= 0.6 is 34.8 Å². The van der Waals surface area contributed by atoms with Gasteiger partial charge in [-0.25, -0.2) is 4.98 Å². The lowest BCUT2D eigenvalue weighted by molar-refractivity contribution is 0.461. The number of hydrogen-bond donors (Lipinski definition) is 1. The highest BCUT2D eigenvalue weighted by Gasteiger charge is 2.09. The summed E-state index contributed by atoms with van der Waals surface area (Å²) in [4.78, 5) is 4.30. The van der Waals surface area contributed by atoms with Crippen LogP contribution in [0.4, 0.5) is 0 Å². The fourth-order valence-electron chi connectivity index (χ4n) is 1.53. The number of pyridine rings is 1. The molecule has 0 fully saturated rings. The number of nitrogens with two attached hydrogens (primary N) is 1. The first-order valence-electron chi connectivity index (χ1n) is 5.50. The van der Waals surface area contributed by atoms with Crippen molar-refractivity contribution < 1.29 is 4.74 Å². The molecule has 0 bridgehead atoms. The first-order valence-corrected chi connectivity index (χ1v) is 6.63. The quantitative estimate of drug-likeness (QED) is 0.842. The maximum absolute atomic E-state index is 6.03. The Morgan fingerprint density at radius 3 is 2.42 bits per heavy atom. The zero-order valence-electron chi connectivity index (χ0n) is 10.1. The minimum Gasteiger partial charge on any atom is -0.437 e. The van der Waals surface area contributed by atoms with Gasteiger partial charge in [0, 0.05) is 24.4 Å². The topological polar surface area (TPSA) is 48.1 Å². The molecule has 1 aromatic heterocycles. The molecule has 2 aromatic rings. The maximum Gasteiger partial charge on any atom is 0.219 e. The lowest BCUT2D eigenvalue weighted by atomic mass is 10.2. The molecule has 19 heavy (non-hydrogen) atoms. The molecule has 1 aromatic carbocycles. The van der Waals surface area contributed by atoms with Crippen LogP contribution in [-0.4, -0.2) is 4.98 Å². The van der Waals surface area contributed by atoms with Gasteiger partial charge in [-0.3, -0.25) is 0 Å². The van der Waals surface area contributed by atoms with Crippen molar-refractivity contribution in [2.45, 2.75) is 13.5 Å². The maximum atomic E-state index is 6.03. The summed E-state index contributed by atoms with van der Waals surface area (Å²) >= 11 is 17.8. The number of aromatic nitrogens is 1. The molecule has 3 nitrogen and oxygen atoms in total. The van der Waals surface area contributed by atoms with Gasteiger partial charge in [-0.05, 0) is 18.6 Å². The summed E-state index contributed by atoms with van der Waals surface area (Å²) in [5.41, 5.74) is 7.36. The first kappa shape index (κ1) is 14.4. The molecular formula is C13H11Cl3N2O. The van der Waals surface area contributed by atoms with Crippen molar-refractivity contribution in [3.05, 3.63) is 50.6 Å². The van der Waals surface area contributed by atoms with Crippen molar-refractivity contribution in [3.8, 4) is 11.6 Å². The largest absolute Gasteiger partial charge is 0.437 e. The van der Waals surface area contributed by atoms with Gasteiger partial charge in [-0.1, -0.05) is 40.9 Å². The standard InChI is InChI=1S/C13H11Cl3N2O/c1-7-8(6-17)2-3-13(18-7)19-12-5-10(15)9(14)4-11(12)16/h2-5H,6,17H2,1H3. The van der Waals surface area contributed by atoms with Crippen LogP contribution in [0, 0.1) is 6.92 Å². The zero-order chi connectivity index (χ0) is 14.0. The summed E-state index contributed by atoms with van der Waals surface area (Å²) < 4.78 is 5.60. The molecule has 6 heteroatoms. The van der Waals surface area contributed by atoms with Crippen LogP contribution in [0.15, 0.2) is 24.3 Å². The van der Waals surface area contributed by atoms with Crippen LogP contribution in [0.2, 0.25) is 15.1 Å². The van der Waals surface area contributed by atoms with E-state index in [2.05, 4.69) is 4.98 Å². The zero-order valence-corrected chi connectivity index (χ0v) is 12.4. The summed E-state index contributed by atoms with van der Waals surface area (Å²) in [6.45, 7) is 2.30. The number of nitrogens with zero attached hydrogens (tertiary/aromatic N) is 1. The molecule has 100 valence electrons. The highest BCUT2D eigenvalue weighted by Crippen LogP contribution is 2.36. The van der Waals surface area contributed by atoms with Gasteiger partial charge in [-0.2, -0.15) is 0 Å². The Morgan fingerprint density at radius 2 is 1.79 bits per heavy atom. The Bertz CT molecular complexity index is 617. The van der Waals surface area contributed by atoms with Crippen molar-refractivity contribution in [2.75, 3.05) is 0 Å². The Morgan fingerprint density at radius 1 is 1.11 bits per heavy atom. The van der Waals surface area contributed by atoms with Crippen molar-refractivity contribution >= 4 is 34.8 Å². The molecule has 0 aliphatic heterocycles. The van der Waals surface area contributed by atoms with E-state index < -0.39 is 0 Å². The molecule has 0 radical (unpaired) electrons. The monoisotopic (exact) mass is 316 g/mol. The van der Waals surface area contributed by atoms with E-state index in [4.69, 9.17) is 45.3 Å². The first-order chi connectivity index (χ1) is 9.01. The lowest BCUT2D eigenvalue weighted by Crippen LogP contribution is -2.01. The Labute approximate surface area is 126 Å². The Kier molecular flexibility index (Phi) is 4.53. The van der Waals surface area contributed by atoms with Crippen LogP contribution < -0.4 is 10.5 Å². The van der Waals surface area contributed by atoms with E-state index in [1.807, 2.05) is 13.0 Å². The fourth-order valence-corrected chi connectivity index (χ4v) is 2.11. The second-order valence-electron chi connectivity index (χ2n) is 3.90. The van der Waals surface area contributed by atoms with Crippen LogP contribution in [0.25, 0.3) is 0 Å². The molecule has 0 saturated heterocycles. The molecule has 0 spiro atoms. The molecule has 2 rings (SSSR count). The second-order valence-corrected chi connectivity index (χ2v) is 5.12. The average Bonchev–Trinajstić information content (AvgIpc) is 2.36. The molecule has 2 N–H and O–H groups in total. The van der Waals surface area contributed by atoms with Gasteiger partial charge in [0.05, 0.1) is 15.1 Å². The van der Waals surface area contributed by atoms with Crippen LogP contribution in [0.5, 0.6) is 11.6 Å². The second kappa shape index (κ2) is 5.97. The molecule has 1 heterocycles. The number of benzene rings is 1. The van der Waals surface area contributed by atoms with E-state index in [1.165, 1.54) is 6.07 Å². The van der Waals surface area contributed by atoms with E-state index in [0.29, 0.717) is 33.2 Å². The van der Waals surface area contributed by atoms with Crippen LogP contribution in [-0.2, 0) is 6.54 Å². The highest BCUT2D eigenvalue weighted by molar-refractivity contribution is 6.43. The number of ether oxygens (including phenoxy) is 1. The van der Waals surface area contributed by atoms with Gasteiger partial charge in [0.1, 0.15) is 5.75 Å². The van der Waals surface area contributed by atoms with Crippen LogP contribution in [0.1, 0.15) is 11.3 Å². The normalized spacial score (nSPS) is 10.6. The Hall–Kier alpha value is -1.00. The molecule has 0 saturated carbocycles. The SMILES string of the molecule is Cc1nc(Oc2cc(Cl)c(Cl)cc2Cl)ccc1CN. The summed E-state index contributed by atoms with van der Waals surface area (Å²) in [5, 5.41) is 1.12. The van der Waals surface area contributed by atoms with E-state index in [-0.39, 0.29) is 0 Å². The molecule has 0 atom stereocenters. The summed E-state index contributed by atoms with van der Waals surface area (Å²) in [7, 11) is 0. The third-order valence-corrected chi connectivity index (χ3v) is 3.60. The van der Waals surface area contributed by atoms with E-state index in [0.717, 1.165) is 11.3 Å². The van der Waals surface area contributed by atoms with Gasteiger partial charge in [0.25, 0.3) is 0 Å². The number of halogens is 3. The summed E-state index contributed by atoms with van der Waals surface area (Å²) in [6.07, 6.45) is 0. The average molecular weight is 318 g/mol. The van der Waals surface area contributed by atoms with Gasteiger partial charge < -0.3 is 10.5 Å². The molecule has 0 unspecified atom stereocenters. The van der Waals surface area contributed by atoms with Crippen LogP contribution in [0.3, 0.4) is 0 Å². The molecule has 0 aliphatic carbocycles. The molecule has 0 aliphatic rings. The van der Waals surface area contributed by atoms with Gasteiger partial charge in [-0.15, -0.1) is 0 Å². The van der Waals surface area contributed by atoms with E-state index in [9.17, 15) is 0 Å². The predicted octanol–water partition coefficient (Wildman–Crippen LogP) is 4.60. The van der Waals surface area contributed by atoms with Gasteiger partial charge in [0.2, 0.25) is 5.88 Å². The number of aryl methyl sites for hydroxylation is 1. The van der Waals surface area contributed by atoms with E-state index >= 15 is 0 Å². The molecular weight excluding hydrogens is 307 g/mol. The van der Waals surface area contributed by atoms with Gasteiger partial charge in [0.15, 0.2) is 0 Å². The van der Waals surface area contributed by atoms with E-state index in [1.54, 1.807) is 12.1 Å². The van der Waals surface area contributed by atoms with Gasteiger partial charge >= 0.3 is 0 Å². The number of hydrogen-bond acceptors (Lipinski definition) is 3.